The highest BCUT2D eigenvalue weighted by atomic mass is 32.1. The molecular formula is C51H36BN2S. The van der Waals surface area contributed by atoms with Crippen LogP contribution >= 0.6 is 11.3 Å². The van der Waals surface area contributed by atoms with E-state index in [4.69, 9.17) is 0 Å². The average molecular weight is 720 g/mol. The number of aromatic amines is 1. The molecule has 3 aliphatic rings. The number of benzene rings is 7. The molecule has 7 aromatic carbocycles. The molecular weight excluding hydrogens is 683 g/mol. The fraction of sp³-hybridized carbons (Fsp3) is 0.0980. The third kappa shape index (κ3) is 4.37. The first kappa shape index (κ1) is 31.3. The Labute approximate surface area is 325 Å². The number of hydrogen-bond acceptors (Lipinski definition) is 2. The minimum atomic E-state index is -0.0497. The van der Waals surface area contributed by atoms with Crippen LogP contribution < -0.4 is 15.8 Å². The van der Waals surface area contributed by atoms with Crippen molar-refractivity contribution in [1.29, 1.82) is 0 Å². The Morgan fingerprint density at radius 2 is 1.31 bits per heavy atom. The lowest BCUT2D eigenvalue weighted by Gasteiger charge is -2.39. The van der Waals surface area contributed by atoms with E-state index in [1.807, 2.05) is 11.3 Å². The van der Waals surface area contributed by atoms with Crippen LogP contribution in [0.5, 0.6) is 0 Å². The molecule has 0 saturated carbocycles. The molecule has 2 nitrogen and oxygen atoms in total. The number of fused-ring (bicyclic) bond motifs is 10. The summed E-state index contributed by atoms with van der Waals surface area (Å²) in [6.45, 7) is 4.88. The van der Waals surface area contributed by atoms with Crippen LogP contribution in [-0.4, -0.2) is 12.3 Å². The van der Waals surface area contributed by atoms with Gasteiger partial charge in [0.15, 0.2) is 7.28 Å². The summed E-state index contributed by atoms with van der Waals surface area (Å²) in [4.78, 5) is 7.63. The molecule has 0 amide bonds. The van der Waals surface area contributed by atoms with Gasteiger partial charge >= 0.3 is 0 Å². The first-order valence-corrected chi connectivity index (χ1v) is 20.2. The van der Waals surface area contributed by atoms with Crippen LogP contribution in [0.2, 0.25) is 0 Å². The molecule has 9 aromatic rings. The number of allylic oxidation sites excluding steroid dienone is 1. The summed E-state index contributed by atoms with van der Waals surface area (Å²) in [6.07, 6.45) is 0.996. The smallest absolute Gasteiger partial charge is 0.193 e. The molecule has 1 N–H and O–H groups in total. The maximum Gasteiger partial charge on any atom is 0.193 e. The largest absolute Gasteiger partial charge is 0.346 e. The van der Waals surface area contributed by atoms with E-state index < -0.39 is 0 Å². The number of thiophene rings is 1. The van der Waals surface area contributed by atoms with Gasteiger partial charge in [-0.2, -0.15) is 0 Å². The van der Waals surface area contributed by atoms with Crippen LogP contribution in [0.15, 0.2) is 163 Å². The fourth-order valence-electron chi connectivity index (χ4n) is 10.3. The van der Waals surface area contributed by atoms with E-state index in [-0.39, 0.29) is 11.3 Å². The molecule has 1 atom stereocenters. The molecule has 1 unspecified atom stereocenters. The second kappa shape index (κ2) is 11.5. The second-order valence-corrected chi connectivity index (χ2v) is 16.9. The van der Waals surface area contributed by atoms with Gasteiger partial charge in [0.2, 0.25) is 0 Å². The van der Waals surface area contributed by atoms with E-state index >= 15 is 0 Å². The third-order valence-electron chi connectivity index (χ3n) is 12.7. The SMILES string of the molecule is CC1(C)C2=C(c3ccccc31)c1cccc3c1C(C2)c1cc(N(c2ccccc2)c2ccccc2)cc(-c2cccc4c2[nH]c2sc5ccccc5c24)c1[B]3. The van der Waals surface area contributed by atoms with E-state index in [9.17, 15) is 0 Å². The van der Waals surface area contributed by atoms with Crippen LogP contribution in [0.25, 0.3) is 47.9 Å². The van der Waals surface area contributed by atoms with Gasteiger partial charge in [-0.15, -0.1) is 11.3 Å². The van der Waals surface area contributed by atoms with Gasteiger partial charge in [0.05, 0.1) is 5.52 Å². The summed E-state index contributed by atoms with van der Waals surface area (Å²) in [5.41, 5.74) is 19.9. The van der Waals surface area contributed by atoms with Crippen molar-refractivity contribution < 1.29 is 0 Å². The Balaban J connectivity index is 1.15. The van der Waals surface area contributed by atoms with Crippen LogP contribution in [0.4, 0.5) is 17.1 Å². The summed E-state index contributed by atoms with van der Waals surface area (Å²) >= 11 is 1.85. The van der Waals surface area contributed by atoms with Crippen LogP contribution in [-0.2, 0) is 5.41 Å². The minimum Gasteiger partial charge on any atom is -0.346 e. The molecule has 0 saturated heterocycles. The van der Waals surface area contributed by atoms with Gasteiger partial charge in [0, 0.05) is 54.8 Å². The highest BCUT2D eigenvalue weighted by Crippen LogP contribution is 2.57. The zero-order chi connectivity index (χ0) is 36.4. The third-order valence-corrected chi connectivity index (χ3v) is 13.8. The fourth-order valence-corrected chi connectivity index (χ4v) is 11.4. The highest BCUT2D eigenvalue weighted by Gasteiger charge is 2.45. The van der Waals surface area contributed by atoms with Crippen molar-refractivity contribution in [3.63, 3.8) is 0 Å². The normalized spacial score (nSPS) is 16.1. The van der Waals surface area contributed by atoms with Gasteiger partial charge in [-0.05, 0) is 87.8 Å². The van der Waals surface area contributed by atoms with Gasteiger partial charge < -0.3 is 9.88 Å². The Morgan fingerprint density at radius 3 is 2.13 bits per heavy atom. The highest BCUT2D eigenvalue weighted by molar-refractivity contribution is 7.25. The standard InChI is InChI=1S/C51H36BN2S/c1-51(2)41-24-11-9-19-34(41)45-36-22-14-25-43-46(36)38(29-42(45)51)40-28-32(54(30-15-5-3-6-16-30)31-17-7-4-8-18-31)27-39(48(40)52-43)33-21-13-23-37-47-35-20-10-12-26-44(35)55-50(47)53-49(33)37/h3-28,38,53H,29H2,1-2H3. The number of rotatable bonds is 4. The molecule has 0 fully saturated rings. The monoisotopic (exact) mass is 719 g/mol. The van der Waals surface area contributed by atoms with E-state index in [1.54, 1.807) is 5.57 Å². The zero-order valence-electron chi connectivity index (χ0n) is 30.7. The molecule has 259 valence electrons. The summed E-state index contributed by atoms with van der Waals surface area (Å²) in [6, 6.07) is 58.5. The molecule has 12 rings (SSSR count). The number of para-hydroxylation sites is 3. The maximum absolute atomic E-state index is 3.95. The number of nitrogens with one attached hydrogen (secondary N) is 1. The number of nitrogens with zero attached hydrogens (tertiary/aromatic N) is 1. The number of hydrogen-bond donors (Lipinski definition) is 1. The minimum absolute atomic E-state index is 0.0497. The van der Waals surface area contributed by atoms with Crippen LogP contribution in [0.3, 0.4) is 0 Å². The molecule has 3 heterocycles. The molecule has 55 heavy (non-hydrogen) atoms. The lowest BCUT2D eigenvalue weighted by Crippen LogP contribution is -2.43. The van der Waals surface area contributed by atoms with Crippen LogP contribution in [0, 0.1) is 0 Å². The molecule has 2 aromatic heterocycles. The number of anilines is 3. The molecule has 2 aliphatic carbocycles. The van der Waals surface area contributed by atoms with E-state index in [0.717, 1.165) is 17.8 Å². The topological polar surface area (TPSA) is 19.0 Å². The van der Waals surface area contributed by atoms with E-state index in [0.29, 0.717) is 0 Å². The molecule has 1 radical (unpaired) electrons. The van der Waals surface area contributed by atoms with E-state index in [1.165, 1.54) is 92.3 Å². The van der Waals surface area contributed by atoms with Gasteiger partial charge in [-0.25, -0.2) is 0 Å². The Kier molecular flexibility index (Phi) is 6.52. The number of aromatic nitrogens is 1. The summed E-state index contributed by atoms with van der Waals surface area (Å²) in [5.74, 6) is 0.223. The Morgan fingerprint density at radius 1 is 0.636 bits per heavy atom. The molecule has 0 bridgehead atoms. The predicted molar refractivity (Wildman–Crippen MR) is 235 cm³/mol. The first-order chi connectivity index (χ1) is 27.0. The van der Waals surface area contributed by atoms with E-state index in [2.05, 4.69) is 189 Å². The van der Waals surface area contributed by atoms with Crippen molar-refractivity contribution in [2.75, 3.05) is 4.90 Å². The summed E-state index contributed by atoms with van der Waals surface area (Å²) in [7, 11) is 2.50. The number of H-pyrrole nitrogens is 1. The Bertz CT molecular complexity index is 3040. The lowest BCUT2D eigenvalue weighted by molar-refractivity contribution is 0.586. The quantitative estimate of drug-likeness (QED) is 0.179. The van der Waals surface area contributed by atoms with Crippen molar-refractivity contribution in [2.45, 2.75) is 31.6 Å². The summed E-state index contributed by atoms with van der Waals surface area (Å²) in [5, 5.41) is 3.93. The first-order valence-electron chi connectivity index (χ1n) is 19.4. The van der Waals surface area contributed by atoms with Gasteiger partial charge in [-0.1, -0.05) is 146 Å². The second-order valence-electron chi connectivity index (χ2n) is 15.9. The van der Waals surface area contributed by atoms with Gasteiger partial charge in [-0.3, -0.25) is 0 Å². The van der Waals surface area contributed by atoms with Gasteiger partial charge in [0.25, 0.3) is 0 Å². The van der Waals surface area contributed by atoms with Crippen LogP contribution in [0.1, 0.15) is 54.0 Å². The van der Waals surface area contributed by atoms with Crippen molar-refractivity contribution >= 4 is 83.4 Å². The van der Waals surface area contributed by atoms with Crippen molar-refractivity contribution in [3.8, 4) is 11.1 Å². The zero-order valence-corrected chi connectivity index (χ0v) is 31.5. The molecule has 0 spiro atoms. The van der Waals surface area contributed by atoms with Crippen molar-refractivity contribution in [3.05, 3.63) is 191 Å². The average Bonchev–Trinajstić information content (AvgIpc) is 3.85. The van der Waals surface area contributed by atoms with Crippen molar-refractivity contribution in [2.24, 2.45) is 0 Å². The summed E-state index contributed by atoms with van der Waals surface area (Å²) < 4.78 is 1.32. The van der Waals surface area contributed by atoms with Gasteiger partial charge in [0.1, 0.15) is 4.83 Å². The predicted octanol–water partition coefficient (Wildman–Crippen LogP) is 12.3. The Hall–Kier alpha value is -6.10. The molecule has 4 heteroatoms. The van der Waals surface area contributed by atoms with Crippen molar-refractivity contribution in [1.82, 2.24) is 4.98 Å². The molecule has 1 aliphatic heterocycles. The lowest BCUT2D eigenvalue weighted by atomic mass is 9.50. The maximum atomic E-state index is 3.95.